The van der Waals surface area contributed by atoms with Crippen molar-refractivity contribution in [3.8, 4) is 11.5 Å². The monoisotopic (exact) mass is 371 g/mol. The maximum Gasteiger partial charge on any atom is 0.341 e. The molecule has 0 fully saturated rings. The summed E-state index contributed by atoms with van der Waals surface area (Å²) in [5.41, 5.74) is 1.80. The van der Waals surface area contributed by atoms with E-state index in [9.17, 15) is 4.79 Å². The molecule has 3 aromatic rings. The van der Waals surface area contributed by atoms with E-state index >= 15 is 0 Å². The van der Waals surface area contributed by atoms with Gasteiger partial charge in [0.15, 0.2) is 6.61 Å². The van der Waals surface area contributed by atoms with Gasteiger partial charge in [0.2, 0.25) is 5.13 Å². The SMILES string of the molecule is COc1ccc2nc(N=NC(C)c3ccc(OCC(=O)O)cc3)sc2c1. The lowest BCUT2D eigenvalue weighted by atomic mass is 10.1. The Morgan fingerprint density at radius 3 is 2.65 bits per heavy atom. The van der Waals surface area contributed by atoms with Crippen molar-refractivity contribution >= 4 is 32.7 Å². The molecule has 0 aliphatic rings. The number of rotatable bonds is 7. The van der Waals surface area contributed by atoms with Crippen molar-refractivity contribution in [3.05, 3.63) is 48.0 Å². The summed E-state index contributed by atoms with van der Waals surface area (Å²) >= 11 is 1.45. The van der Waals surface area contributed by atoms with Crippen LogP contribution in [-0.2, 0) is 4.79 Å². The highest BCUT2D eigenvalue weighted by atomic mass is 32.1. The van der Waals surface area contributed by atoms with E-state index in [1.807, 2.05) is 37.3 Å². The predicted molar refractivity (Wildman–Crippen MR) is 98.7 cm³/mol. The lowest BCUT2D eigenvalue weighted by Gasteiger charge is -2.07. The molecule has 7 nitrogen and oxygen atoms in total. The number of nitrogens with zero attached hydrogens (tertiary/aromatic N) is 3. The smallest absolute Gasteiger partial charge is 0.341 e. The number of azo groups is 1. The molecule has 8 heteroatoms. The van der Waals surface area contributed by atoms with Crippen LogP contribution in [0.5, 0.6) is 11.5 Å². The molecule has 0 radical (unpaired) electrons. The van der Waals surface area contributed by atoms with Gasteiger partial charge in [0.25, 0.3) is 0 Å². The molecular formula is C18H17N3O4S. The minimum absolute atomic E-state index is 0.162. The number of hydrogen-bond acceptors (Lipinski definition) is 7. The van der Waals surface area contributed by atoms with Crippen LogP contribution in [0.3, 0.4) is 0 Å². The molecule has 26 heavy (non-hydrogen) atoms. The number of benzene rings is 2. The van der Waals surface area contributed by atoms with Gasteiger partial charge in [-0.2, -0.15) is 5.11 Å². The normalized spacial score (nSPS) is 12.4. The summed E-state index contributed by atoms with van der Waals surface area (Å²) in [4.78, 5) is 14.9. The molecule has 0 amide bonds. The second-order valence-electron chi connectivity index (χ2n) is 5.47. The van der Waals surface area contributed by atoms with Crippen molar-refractivity contribution in [2.75, 3.05) is 13.7 Å². The van der Waals surface area contributed by atoms with Crippen molar-refractivity contribution < 1.29 is 19.4 Å². The molecule has 1 heterocycles. The Kier molecular flexibility index (Phi) is 5.43. The number of aromatic nitrogens is 1. The molecule has 0 bridgehead atoms. The number of carbonyl (C=O) groups is 1. The Morgan fingerprint density at radius 2 is 1.96 bits per heavy atom. The van der Waals surface area contributed by atoms with E-state index in [4.69, 9.17) is 14.6 Å². The third-order valence-electron chi connectivity index (χ3n) is 3.63. The minimum Gasteiger partial charge on any atom is -0.497 e. The number of hydrogen-bond donors (Lipinski definition) is 1. The number of methoxy groups -OCH3 is 1. The maximum absolute atomic E-state index is 10.5. The van der Waals surface area contributed by atoms with Crippen LogP contribution in [0.2, 0.25) is 0 Å². The van der Waals surface area contributed by atoms with Gasteiger partial charge in [-0.05, 0) is 42.8 Å². The van der Waals surface area contributed by atoms with E-state index in [2.05, 4.69) is 15.2 Å². The van der Waals surface area contributed by atoms with Crippen LogP contribution in [0.1, 0.15) is 18.5 Å². The molecule has 1 unspecified atom stereocenters. The molecule has 1 atom stereocenters. The Labute approximate surface area is 153 Å². The highest BCUT2D eigenvalue weighted by molar-refractivity contribution is 7.21. The van der Waals surface area contributed by atoms with Crippen molar-refractivity contribution in [1.29, 1.82) is 0 Å². The van der Waals surface area contributed by atoms with Gasteiger partial charge >= 0.3 is 5.97 Å². The van der Waals surface area contributed by atoms with Gasteiger partial charge < -0.3 is 14.6 Å². The van der Waals surface area contributed by atoms with E-state index in [1.165, 1.54) is 11.3 Å². The lowest BCUT2D eigenvalue weighted by molar-refractivity contribution is -0.139. The van der Waals surface area contributed by atoms with Crippen LogP contribution >= 0.6 is 11.3 Å². The first-order valence-electron chi connectivity index (χ1n) is 7.85. The average molecular weight is 371 g/mol. The summed E-state index contributed by atoms with van der Waals surface area (Å²) in [7, 11) is 1.63. The summed E-state index contributed by atoms with van der Waals surface area (Å²) in [6, 6.07) is 12.6. The largest absolute Gasteiger partial charge is 0.497 e. The zero-order valence-corrected chi connectivity index (χ0v) is 15.1. The van der Waals surface area contributed by atoms with Crippen LogP contribution in [0.15, 0.2) is 52.7 Å². The molecule has 0 spiro atoms. The molecule has 1 N–H and O–H groups in total. The number of aliphatic carboxylic acids is 1. The maximum atomic E-state index is 10.5. The van der Waals surface area contributed by atoms with Gasteiger partial charge in [0.05, 0.1) is 23.4 Å². The van der Waals surface area contributed by atoms with Gasteiger partial charge in [-0.3, -0.25) is 0 Å². The van der Waals surface area contributed by atoms with E-state index in [0.29, 0.717) is 10.9 Å². The molecule has 134 valence electrons. The number of ether oxygens (including phenoxy) is 2. The highest BCUT2D eigenvalue weighted by Crippen LogP contribution is 2.32. The van der Waals surface area contributed by atoms with Gasteiger partial charge in [-0.1, -0.05) is 23.5 Å². The molecule has 0 saturated heterocycles. The third kappa shape index (κ3) is 4.34. The van der Waals surface area contributed by atoms with E-state index in [-0.39, 0.29) is 12.6 Å². The number of carboxylic acid groups (broad SMARTS) is 1. The molecule has 3 rings (SSSR count). The zero-order valence-electron chi connectivity index (χ0n) is 14.2. The lowest BCUT2D eigenvalue weighted by Crippen LogP contribution is -2.09. The van der Waals surface area contributed by atoms with Gasteiger partial charge in [0, 0.05) is 0 Å². The second kappa shape index (κ2) is 7.92. The van der Waals surface area contributed by atoms with Crippen LogP contribution in [0, 0.1) is 0 Å². The zero-order chi connectivity index (χ0) is 18.5. The van der Waals surface area contributed by atoms with Crippen LogP contribution < -0.4 is 9.47 Å². The Bertz CT molecular complexity index is 937. The molecular weight excluding hydrogens is 354 g/mol. The Morgan fingerprint density at radius 1 is 1.23 bits per heavy atom. The van der Waals surface area contributed by atoms with Gasteiger partial charge in [0.1, 0.15) is 11.5 Å². The van der Waals surface area contributed by atoms with Crippen LogP contribution in [0.25, 0.3) is 10.2 Å². The molecule has 0 saturated carbocycles. The fraction of sp³-hybridized carbons (Fsp3) is 0.222. The topological polar surface area (TPSA) is 93.4 Å². The van der Waals surface area contributed by atoms with Crippen molar-refractivity contribution in [1.82, 2.24) is 4.98 Å². The molecule has 0 aliphatic carbocycles. The summed E-state index contributed by atoms with van der Waals surface area (Å²) in [6.07, 6.45) is 0. The van der Waals surface area contributed by atoms with Crippen molar-refractivity contribution in [2.24, 2.45) is 10.2 Å². The number of thiazole rings is 1. The van der Waals surface area contributed by atoms with Crippen LogP contribution in [-0.4, -0.2) is 29.8 Å². The quantitative estimate of drug-likeness (QED) is 0.612. The Hall–Kier alpha value is -3.00. The highest BCUT2D eigenvalue weighted by Gasteiger charge is 2.07. The standard InChI is InChI=1S/C18H17N3O4S/c1-11(12-3-5-13(6-4-12)25-10-17(22)23)20-21-18-19-15-8-7-14(24-2)9-16(15)26-18/h3-9,11H,10H2,1-2H3,(H,22,23). The number of fused-ring (bicyclic) bond motifs is 1. The van der Waals surface area contributed by atoms with E-state index in [1.54, 1.807) is 19.2 Å². The predicted octanol–water partition coefficient (Wildman–Crippen LogP) is 4.61. The van der Waals surface area contributed by atoms with Crippen LogP contribution in [0.4, 0.5) is 5.13 Å². The van der Waals surface area contributed by atoms with E-state index in [0.717, 1.165) is 21.5 Å². The minimum atomic E-state index is -1.01. The van der Waals surface area contributed by atoms with Gasteiger partial charge in [-0.25, -0.2) is 9.78 Å². The first-order valence-corrected chi connectivity index (χ1v) is 8.67. The number of carboxylic acids is 1. The van der Waals surface area contributed by atoms with E-state index < -0.39 is 5.97 Å². The molecule has 1 aromatic heterocycles. The van der Waals surface area contributed by atoms with Gasteiger partial charge in [-0.15, -0.1) is 5.11 Å². The van der Waals surface area contributed by atoms with Crippen molar-refractivity contribution in [3.63, 3.8) is 0 Å². The summed E-state index contributed by atoms with van der Waals surface area (Å²) in [6.45, 7) is 1.56. The first-order chi connectivity index (χ1) is 12.5. The fourth-order valence-electron chi connectivity index (χ4n) is 2.25. The fourth-order valence-corrected chi connectivity index (χ4v) is 3.07. The summed E-state index contributed by atoms with van der Waals surface area (Å²) in [5.74, 6) is 0.272. The Balaban J connectivity index is 1.68. The third-order valence-corrected chi connectivity index (χ3v) is 4.53. The van der Waals surface area contributed by atoms with Crippen molar-refractivity contribution in [2.45, 2.75) is 13.0 Å². The summed E-state index contributed by atoms with van der Waals surface area (Å²) < 4.78 is 11.3. The average Bonchev–Trinajstić information content (AvgIpc) is 3.06. The first kappa shape index (κ1) is 17.8. The molecule has 0 aliphatic heterocycles. The molecule has 2 aromatic carbocycles. The summed E-state index contributed by atoms with van der Waals surface area (Å²) in [5, 5.41) is 17.8. The second-order valence-corrected chi connectivity index (χ2v) is 6.48.